The van der Waals surface area contributed by atoms with E-state index >= 15 is 0 Å². The molecule has 0 fully saturated rings. The zero-order chi connectivity index (χ0) is 24.4. The number of nitriles is 1. The Hall–Kier alpha value is -3.80. The smallest absolute Gasteiger partial charge is 0.416 e. The van der Waals surface area contributed by atoms with Gasteiger partial charge in [-0.05, 0) is 48.7 Å². The van der Waals surface area contributed by atoms with E-state index in [1.54, 1.807) is 19.1 Å². The summed E-state index contributed by atoms with van der Waals surface area (Å²) in [6.45, 7) is 8.04. The molecule has 0 aliphatic heterocycles. The molecule has 3 rings (SSSR count). The highest BCUT2D eigenvalue weighted by molar-refractivity contribution is 6.05. The maximum absolute atomic E-state index is 13.0. The number of benzene rings is 2. The van der Waals surface area contributed by atoms with E-state index in [1.807, 2.05) is 20.8 Å². The summed E-state index contributed by atoms with van der Waals surface area (Å²) < 4.78 is 46.1. The zero-order valence-electron chi connectivity index (χ0n) is 18.6. The Balaban J connectivity index is 1.81. The van der Waals surface area contributed by atoms with Crippen LogP contribution in [-0.2, 0) is 6.18 Å². The normalized spacial score (nSPS) is 11.7. The molecule has 0 saturated carbocycles. The van der Waals surface area contributed by atoms with E-state index in [0.29, 0.717) is 23.7 Å². The number of nitrogens with zero attached hydrogens (tertiary/aromatic N) is 3. The summed E-state index contributed by atoms with van der Waals surface area (Å²) in [6, 6.07) is 11.5. The number of rotatable bonds is 5. The van der Waals surface area contributed by atoms with Gasteiger partial charge in [0.25, 0.3) is 5.91 Å². The molecule has 0 spiro atoms. The zero-order valence-corrected chi connectivity index (χ0v) is 18.6. The second-order valence-electron chi connectivity index (χ2n) is 8.73. The lowest BCUT2D eigenvalue weighted by molar-refractivity contribution is -0.137. The molecule has 0 aliphatic carbocycles. The number of anilines is 1. The average molecular weight is 456 g/mol. The number of hydrogen-bond acceptors (Lipinski definition) is 4. The highest BCUT2D eigenvalue weighted by Crippen LogP contribution is 2.31. The van der Waals surface area contributed by atoms with Crippen molar-refractivity contribution >= 4 is 11.6 Å². The number of ether oxygens (including phenoxy) is 1. The molecule has 3 aromatic rings. The van der Waals surface area contributed by atoms with E-state index in [-0.39, 0.29) is 22.2 Å². The van der Waals surface area contributed by atoms with Gasteiger partial charge in [0, 0.05) is 5.69 Å². The Labute approximate surface area is 189 Å². The maximum Gasteiger partial charge on any atom is 0.416 e. The molecule has 1 heterocycles. The molecule has 9 heteroatoms. The molecule has 0 bridgehead atoms. The number of aromatic nitrogens is 2. The maximum atomic E-state index is 13.0. The van der Waals surface area contributed by atoms with E-state index in [0.717, 1.165) is 12.1 Å². The monoisotopic (exact) mass is 456 g/mol. The first-order valence-corrected chi connectivity index (χ1v) is 10.1. The average Bonchev–Trinajstić information content (AvgIpc) is 3.13. The van der Waals surface area contributed by atoms with Gasteiger partial charge in [-0.15, -0.1) is 0 Å². The van der Waals surface area contributed by atoms with E-state index in [1.165, 1.54) is 29.1 Å². The van der Waals surface area contributed by atoms with Gasteiger partial charge in [-0.2, -0.15) is 23.5 Å². The number of nitrogens with one attached hydrogen (secondary N) is 1. The number of carbonyl (C=O) groups is 1. The predicted octanol–water partition coefficient (Wildman–Crippen LogP) is 5.75. The van der Waals surface area contributed by atoms with Crippen molar-refractivity contribution in [1.29, 1.82) is 5.26 Å². The third kappa shape index (κ3) is 5.71. The van der Waals surface area contributed by atoms with Crippen molar-refractivity contribution in [3.8, 4) is 17.5 Å². The summed E-state index contributed by atoms with van der Waals surface area (Å²) in [5, 5.41) is 16.2. The van der Waals surface area contributed by atoms with Crippen LogP contribution < -0.4 is 10.1 Å². The molecular formula is C24H23F3N4O2. The number of hydrogen-bond donors (Lipinski definition) is 1. The van der Waals surface area contributed by atoms with Crippen molar-refractivity contribution in [2.45, 2.75) is 33.9 Å². The lowest BCUT2D eigenvalue weighted by atomic mass is 9.98. The van der Waals surface area contributed by atoms with Crippen molar-refractivity contribution in [1.82, 2.24) is 9.78 Å². The molecular weight excluding hydrogens is 433 g/mol. The highest BCUT2D eigenvalue weighted by Gasteiger charge is 2.30. The molecule has 33 heavy (non-hydrogen) atoms. The molecule has 0 atom stereocenters. The molecule has 172 valence electrons. The third-order valence-corrected chi connectivity index (χ3v) is 4.69. The first kappa shape index (κ1) is 23.9. The van der Waals surface area contributed by atoms with Crippen LogP contribution in [0.4, 0.5) is 18.9 Å². The van der Waals surface area contributed by atoms with Crippen LogP contribution in [0.25, 0.3) is 5.69 Å². The van der Waals surface area contributed by atoms with Gasteiger partial charge in [0.1, 0.15) is 11.8 Å². The van der Waals surface area contributed by atoms with Gasteiger partial charge in [-0.25, -0.2) is 4.68 Å². The van der Waals surface area contributed by atoms with Crippen molar-refractivity contribution in [3.63, 3.8) is 0 Å². The van der Waals surface area contributed by atoms with Crippen LogP contribution in [0, 0.1) is 23.7 Å². The fraction of sp³-hybridized carbons (Fsp3) is 0.292. The largest absolute Gasteiger partial charge is 0.492 e. The summed E-state index contributed by atoms with van der Waals surface area (Å²) in [5.74, 6) is -0.0862. The molecule has 2 aromatic carbocycles. The fourth-order valence-corrected chi connectivity index (χ4v) is 3.02. The van der Waals surface area contributed by atoms with E-state index in [2.05, 4.69) is 16.5 Å². The summed E-state index contributed by atoms with van der Waals surface area (Å²) >= 11 is 0. The van der Waals surface area contributed by atoms with Gasteiger partial charge in [-0.1, -0.05) is 26.8 Å². The molecule has 1 amide bonds. The Morgan fingerprint density at radius 1 is 1.18 bits per heavy atom. The highest BCUT2D eigenvalue weighted by atomic mass is 19.4. The molecule has 0 aliphatic rings. The van der Waals surface area contributed by atoms with Gasteiger partial charge in [0.2, 0.25) is 0 Å². The molecule has 0 radical (unpaired) electrons. The van der Waals surface area contributed by atoms with E-state index in [9.17, 15) is 23.2 Å². The molecule has 0 unspecified atom stereocenters. The van der Waals surface area contributed by atoms with Gasteiger partial charge >= 0.3 is 6.18 Å². The van der Waals surface area contributed by atoms with E-state index in [4.69, 9.17) is 4.74 Å². The van der Waals surface area contributed by atoms with Crippen LogP contribution in [-0.4, -0.2) is 22.3 Å². The minimum atomic E-state index is -4.49. The molecule has 1 aromatic heterocycles. The Kier molecular flexibility index (Phi) is 6.49. The Morgan fingerprint density at radius 2 is 1.91 bits per heavy atom. The summed E-state index contributed by atoms with van der Waals surface area (Å²) in [7, 11) is 0. The lowest BCUT2D eigenvalue weighted by Gasteiger charge is -2.19. The predicted molar refractivity (Wildman–Crippen MR) is 117 cm³/mol. The number of amides is 1. The summed E-state index contributed by atoms with van der Waals surface area (Å²) in [4.78, 5) is 12.8. The van der Waals surface area contributed by atoms with Crippen molar-refractivity contribution in [3.05, 3.63) is 71.0 Å². The van der Waals surface area contributed by atoms with Crippen LogP contribution in [0.1, 0.15) is 48.0 Å². The summed E-state index contributed by atoms with van der Waals surface area (Å²) in [5.41, 5.74) is 0.514. The molecule has 6 nitrogen and oxygen atoms in total. The quantitative estimate of drug-likeness (QED) is 0.530. The third-order valence-electron chi connectivity index (χ3n) is 4.69. The Morgan fingerprint density at radius 3 is 2.55 bits per heavy atom. The standard InChI is InChI=1S/C24H23F3N4O2/c1-15-20(13-29-31(15)19-7-5-6-17(11-19)24(25,26)27)22(32)30-18-8-9-21(16(10-18)12-28)33-14-23(2,3)4/h5-11,13H,14H2,1-4H3,(H,30,32). The minimum absolute atomic E-state index is 0.0864. The SMILES string of the molecule is Cc1c(C(=O)Nc2ccc(OCC(C)(C)C)c(C#N)c2)cnn1-c1cccc(C(F)(F)F)c1. The minimum Gasteiger partial charge on any atom is -0.492 e. The van der Waals surface area contributed by atoms with Gasteiger partial charge in [-0.3, -0.25) is 4.79 Å². The number of carbonyl (C=O) groups excluding carboxylic acids is 1. The van der Waals surface area contributed by atoms with Crippen molar-refractivity contribution in [2.75, 3.05) is 11.9 Å². The van der Waals surface area contributed by atoms with Gasteiger partial charge < -0.3 is 10.1 Å². The van der Waals surface area contributed by atoms with Crippen LogP contribution >= 0.6 is 0 Å². The lowest BCUT2D eigenvalue weighted by Crippen LogP contribution is -2.17. The fourth-order valence-electron chi connectivity index (χ4n) is 3.02. The first-order chi connectivity index (χ1) is 15.4. The second-order valence-corrected chi connectivity index (χ2v) is 8.73. The van der Waals surface area contributed by atoms with Crippen molar-refractivity contribution < 1.29 is 22.7 Å². The molecule has 1 N–H and O–H groups in total. The van der Waals surface area contributed by atoms with Crippen LogP contribution in [0.15, 0.2) is 48.7 Å². The van der Waals surface area contributed by atoms with Crippen LogP contribution in [0.2, 0.25) is 0 Å². The number of alkyl halides is 3. The summed E-state index contributed by atoms with van der Waals surface area (Å²) in [6.07, 6.45) is -3.20. The van der Waals surface area contributed by atoms with Crippen molar-refractivity contribution in [2.24, 2.45) is 5.41 Å². The first-order valence-electron chi connectivity index (χ1n) is 10.1. The van der Waals surface area contributed by atoms with Crippen LogP contribution in [0.5, 0.6) is 5.75 Å². The number of halogens is 3. The van der Waals surface area contributed by atoms with E-state index < -0.39 is 17.6 Å². The Bertz CT molecular complexity index is 1220. The van der Waals surface area contributed by atoms with Crippen LogP contribution in [0.3, 0.4) is 0 Å². The second kappa shape index (κ2) is 8.98. The van der Waals surface area contributed by atoms with Gasteiger partial charge in [0.05, 0.1) is 40.9 Å². The molecule has 0 saturated heterocycles. The topological polar surface area (TPSA) is 79.9 Å². The van der Waals surface area contributed by atoms with Gasteiger partial charge in [0.15, 0.2) is 0 Å².